The second kappa shape index (κ2) is 5.90. The predicted octanol–water partition coefficient (Wildman–Crippen LogP) is 4.60. The van der Waals surface area contributed by atoms with Crippen LogP contribution in [-0.4, -0.2) is 0 Å². The van der Waals surface area contributed by atoms with E-state index < -0.39 is 17.5 Å². The highest BCUT2D eigenvalue weighted by Crippen LogP contribution is 2.32. The molecule has 0 heterocycles. The summed E-state index contributed by atoms with van der Waals surface area (Å²) >= 11 is 1.96. The van der Waals surface area contributed by atoms with Crippen LogP contribution in [0.2, 0.25) is 0 Å². The molecule has 0 spiro atoms. The van der Waals surface area contributed by atoms with Gasteiger partial charge < -0.3 is 11.1 Å². The molecule has 0 atom stereocenters. The first kappa shape index (κ1) is 15.0. The lowest BCUT2D eigenvalue weighted by atomic mass is 10.1. The molecule has 0 aliphatic carbocycles. The lowest BCUT2D eigenvalue weighted by Crippen LogP contribution is -2.06. The Hall–Kier alpha value is -1.44. The average molecular weight is 392 g/mol. The SMILES string of the molecule is CCc1cc(F)c(F)c(Nc2ccc(I)cc2F)c1N. The number of nitrogens with one attached hydrogen (secondary N) is 1. The Morgan fingerprint density at radius 1 is 1.15 bits per heavy atom. The number of nitrogens with two attached hydrogens (primary N) is 1. The van der Waals surface area contributed by atoms with Gasteiger partial charge in [0.1, 0.15) is 11.5 Å². The molecule has 0 amide bonds. The lowest BCUT2D eigenvalue weighted by molar-refractivity contribution is 0.511. The van der Waals surface area contributed by atoms with Gasteiger partial charge in [-0.25, -0.2) is 13.2 Å². The van der Waals surface area contributed by atoms with Gasteiger partial charge in [-0.3, -0.25) is 0 Å². The quantitative estimate of drug-likeness (QED) is 0.592. The number of hydrogen-bond donors (Lipinski definition) is 2. The molecule has 2 aromatic rings. The molecule has 0 fully saturated rings. The van der Waals surface area contributed by atoms with Crippen molar-refractivity contribution in [1.82, 2.24) is 0 Å². The largest absolute Gasteiger partial charge is 0.397 e. The van der Waals surface area contributed by atoms with E-state index in [0.29, 0.717) is 15.6 Å². The molecule has 2 nitrogen and oxygen atoms in total. The van der Waals surface area contributed by atoms with E-state index in [2.05, 4.69) is 5.32 Å². The van der Waals surface area contributed by atoms with Gasteiger partial charge in [-0.2, -0.15) is 0 Å². The Bertz CT molecular complexity index is 659. The third kappa shape index (κ3) is 2.84. The first-order valence-electron chi connectivity index (χ1n) is 5.92. The first-order valence-corrected chi connectivity index (χ1v) is 7.00. The maximum absolute atomic E-state index is 13.8. The van der Waals surface area contributed by atoms with Gasteiger partial charge in [-0.05, 0) is 58.8 Å². The van der Waals surface area contributed by atoms with E-state index >= 15 is 0 Å². The van der Waals surface area contributed by atoms with Crippen LogP contribution in [0.5, 0.6) is 0 Å². The Kier molecular flexibility index (Phi) is 4.42. The minimum atomic E-state index is -1.11. The highest BCUT2D eigenvalue weighted by molar-refractivity contribution is 14.1. The van der Waals surface area contributed by atoms with Crippen LogP contribution in [0.3, 0.4) is 0 Å². The van der Waals surface area contributed by atoms with Crippen LogP contribution in [0.25, 0.3) is 0 Å². The Morgan fingerprint density at radius 2 is 1.85 bits per heavy atom. The van der Waals surface area contributed by atoms with Gasteiger partial charge in [0.2, 0.25) is 0 Å². The topological polar surface area (TPSA) is 38.0 Å². The second-order valence-electron chi connectivity index (χ2n) is 4.22. The Balaban J connectivity index is 2.50. The number of benzene rings is 2. The number of aryl methyl sites for hydroxylation is 1. The molecular weight excluding hydrogens is 380 g/mol. The third-order valence-electron chi connectivity index (χ3n) is 2.92. The van der Waals surface area contributed by atoms with Gasteiger partial charge >= 0.3 is 0 Å². The van der Waals surface area contributed by atoms with Gasteiger partial charge in [0.05, 0.1) is 11.4 Å². The fourth-order valence-corrected chi connectivity index (χ4v) is 2.29. The van der Waals surface area contributed by atoms with Crippen LogP contribution in [0.4, 0.5) is 30.2 Å². The molecule has 0 aliphatic heterocycles. The van der Waals surface area contributed by atoms with Crippen molar-refractivity contribution in [3.8, 4) is 0 Å². The van der Waals surface area contributed by atoms with E-state index in [1.165, 1.54) is 12.1 Å². The lowest BCUT2D eigenvalue weighted by Gasteiger charge is -2.14. The molecule has 2 aromatic carbocycles. The van der Waals surface area contributed by atoms with Crippen LogP contribution < -0.4 is 11.1 Å². The Morgan fingerprint density at radius 3 is 2.45 bits per heavy atom. The number of hydrogen-bond acceptors (Lipinski definition) is 2. The van der Waals surface area contributed by atoms with Crippen molar-refractivity contribution in [3.63, 3.8) is 0 Å². The predicted molar refractivity (Wildman–Crippen MR) is 82.5 cm³/mol. The average Bonchev–Trinajstić information content (AvgIpc) is 2.41. The number of anilines is 3. The minimum absolute atomic E-state index is 0.0451. The highest BCUT2D eigenvalue weighted by atomic mass is 127. The van der Waals surface area contributed by atoms with E-state index in [-0.39, 0.29) is 17.1 Å². The number of halogens is 4. The van der Waals surface area contributed by atoms with Crippen molar-refractivity contribution in [2.24, 2.45) is 0 Å². The molecule has 0 aliphatic rings. The third-order valence-corrected chi connectivity index (χ3v) is 3.59. The molecular formula is C14H12F3IN2. The zero-order valence-corrected chi connectivity index (χ0v) is 12.8. The van der Waals surface area contributed by atoms with Crippen molar-refractivity contribution in [2.45, 2.75) is 13.3 Å². The molecule has 0 unspecified atom stereocenters. The minimum Gasteiger partial charge on any atom is -0.397 e. The molecule has 0 saturated heterocycles. The van der Waals surface area contributed by atoms with Crippen LogP contribution in [0.15, 0.2) is 24.3 Å². The highest BCUT2D eigenvalue weighted by Gasteiger charge is 2.17. The second-order valence-corrected chi connectivity index (χ2v) is 5.47. The summed E-state index contributed by atoms with van der Waals surface area (Å²) in [6, 6.07) is 5.45. The number of nitrogen functional groups attached to an aromatic ring is 1. The monoisotopic (exact) mass is 392 g/mol. The smallest absolute Gasteiger partial charge is 0.184 e. The van der Waals surface area contributed by atoms with E-state index in [0.717, 1.165) is 6.07 Å². The van der Waals surface area contributed by atoms with Crippen molar-refractivity contribution in [3.05, 3.63) is 50.9 Å². The van der Waals surface area contributed by atoms with Crippen LogP contribution in [-0.2, 0) is 6.42 Å². The van der Waals surface area contributed by atoms with E-state index in [4.69, 9.17) is 5.73 Å². The summed E-state index contributed by atoms with van der Waals surface area (Å²) < 4.78 is 41.8. The van der Waals surface area contributed by atoms with Gasteiger partial charge in [0, 0.05) is 3.57 Å². The molecule has 0 saturated carbocycles. The van der Waals surface area contributed by atoms with Gasteiger partial charge in [0.15, 0.2) is 11.6 Å². The van der Waals surface area contributed by atoms with E-state index in [1.54, 1.807) is 13.0 Å². The maximum Gasteiger partial charge on any atom is 0.184 e. The maximum atomic E-state index is 13.8. The summed E-state index contributed by atoms with van der Waals surface area (Å²) in [4.78, 5) is 0. The molecule has 0 bridgehead atoms. The summed E-state index contributed by atoms with van der Waals surface area (Å²) in [5.41, 5.74) is 6.17. The fourth-order valence-electron chi connectivity index (χ4n) is 1.83. The molecule has 3 N–H and O–H groups in total. The normalized spacial score (nSPS) is 10.7. The zero-order valence-electron chi connectivity index (χ0n) is 10.6. The molecule has 0 aromatic heterocycles. The van der Waals surface area contributed by atoms with Crippen LogP contribution in [0.1, 0.15) is 12.5 Å². The summed E-state index contributed by atoms with van der Waals surface area (Å²) in [5.74, 6) is -2.68. The van der Waals surface area contributed by atoms with Crippen molar-refractivity contribution in [2.75, 3.05) is 11.1 Å². The molecule has 20 heavy (non-hydrogen) atoms. The zero-order chi connectivity index (χ0) is 14.9. The Labute approximate surface area is 128 Å². The summed E-state index contributed by atoms with van der Waals surface area (Å²) in [5, 5.41) is 2.53. The molecule has 0 radical (unpaired) electrons. The summed E-state index contributed by atoms with van der Waals surface area (Å²) in [6.07, 6.45) is 0.451. The van der Waals surface area contributed by atoms with Crippen molar-refractivity contribution < 1.29 is 13.2 Å². The molecule has 6 heteroatoms. The van der Waals surface area contributed by atoms with Gasteiger partial charge in [-0.1, -0.05) is 6.92 Å². The summed E-state index contributed by atoms with van der Waals surface area (Å²) in [6.45, 7) is 1.78. The van der Waals surface area contributed by atoms with Gasteiger partial charge in [-0.15, -0.1) is 0 Å². The van der Waals surface area contributed by atoms with Crippen molar-refractivity contribution in [1.29, 1.82) is 0 Å². The number of rotatable bonds is 3. The van der Waals surface area contributed by atoms with E-state index in [1.807, 2.05) is 22.6 Å². The van der Waals surface area contributed by atoms with E-state index in [9.17, 15) is 13.2 Å². The van der Waals surface area contributed by atoms with Crippen LogP contribution >= 0.6 is 22.6 Å². The fraction of sp³-hybridized carbons (Fsp3) is 0.143. The molecule has 2 rings (SSSR count). The van der Waals surface area contributed by atoms with Gasteiger partial charge in [0.25, 0.3) is 0 Å². The standard InChI is InChI=1S/C14H12F3IN2/c1-2-7-5-10(16)12(17)14(13(7)19)20-11-4-3-8(18)6-9(11)15/h3-6,20H,2,19H2,1H3. The summed E-state index contributed by atoms with van der Waals surface area (Å²) in [7, 11) is 0. The van der Waals surface area contributed by atoms with Crippen molar-refractivity contribution >= 4 is 39.7 Å². The molecule has 106 valence electrons. The first-order chi connectivity index (χ1) is 9.43. The van der Waals surface area contributed by atoms with Crippen LogP contribution in [0, 0.1) is 21.0 Å².